The summed E-state index contributed by atoms with van der Waals surface area (Å²) in [4.78, 5) is 11.1. The fourth-order valence-corrected chi connectivity index (χ4v) is 1.47. The molecule has 1 aromatic rings. The van der Waals surface area contributed by atoms with E-state index in [0.29, 0.717) is 5.76 Å². The van der Waals surface area contributed by atoms with E-state index in [9.17, 15) is 4.79 Å². The summed E-state index contributed by atoms with van der Waals surface area (Å²) in [6, 6.07) is 0. The van der Waals surface area contributed by atoms with Gasteiger partial charge in [-0.1, -0.05) is 12.7 Å². The Morgan fingerprint density at radius 2 is 2.31 bits per heavy atom. The second-order valence-corrected chi connectivity index (χ2v) is 3.45. The molecule has 3 nitrogen and oxygen atoms in total. The first-order valence-corrected chi connectivity index (χ1v) is 4.52. The van der Waals surface area contributed by atoms with Gasteiger partial charge in [0.15, 0.2) is 5.76 Å². The molecule has 0 aliphatic rings. The fraction of sp³-hybridized carbons (Fsp3) is 0.222. The summed E-state index contributed by atoms with van der Waals surface area (Å²) in [7, 11) is 1.67. The van der Waals surface area contributed by atoms with Gasteiger partial charge in [-0.05, 0) is 28.9 Å². The van der Waals surface area contributed by atoms with Crippen LogP contribution in [0.4, 0.5) is 0 Å². The highest BCUT2D eigenvalue weighted by molar-refractivity contribution is 9.15. The van der Waals surface area contributed by atoms with Crippen LogP contribution >= 0.6 is 15.9 Å². The van der Waals surface area contributed by atoms with Gasteiger partial charge in [0.1, 0.15) is 0 Å². The number of hydrogen-bond acceptors (Lipinski definition) is 2. The van der Waals surface area contributed by atoms with Crippen molar-refractivity contribution in [2.24, 2.45) is 7.05 Å². The Labute approximate surface area is 84.5 Å². The number of allylic oxidation sites excluding steroid dienone is 2. The molecule has 13 heavy (non-hydrogen) atoms. The van der Waals surface area contributed by atoms with Crippen LogP contribution in [0.25, 0.3) is 4.48 Å². The van der Waals surface area contributed by atoms with E-state index in [4.69, 9.17) is 4.42 Å². The largest absolute Gasteiger partial charge is 0.419 e. The SMILES string of the molecule is C=C/C=C(/Br)c1oc(=O)n(C)c1C. The third kappa shape index (κ3) is 1.83. The molecule has 4 heteroatoms. The molecule has 0 saturated carbocycles. The van der Waals surface area contributed by atoms with Gasteiger partial charge in [-0.2, -0.15) is 0 Å². The lowest BCUT2D eigenvalue weighted by atomic mass is 10.3. The molecule has 0 radical (unpaired) electrons. The number of nitrogens with zero attached hydrogens (tertiary/aromatic N) is 1. The highest BCUT2D eigenvalue weighted by atomic mass is 79.9. The summed E-state index contributed by atoms with van der Waals surface area (Å²) in [5.41, 5.74) is 0.787. The van der Waals surface area contributed by atoms with Crippen molar-refractivity contribution < 1.29 is 4.42 Å². The third-order valence-electron chi connectivity index (χ3n) is 1.78. The highest BCUT2D eigenvalue weighted by Gasteiger charge is 2.11. The van der Waals surface area contributed by atoms with Gasteiger partial charge in [0.2, 0.25) is 0 Å². The van der Waals surface area contributed by atoms with Crippen LogP contribution in [0.2, 0.25) is 0 Å². The summed E-state index contributed by atoms with van der Waals surface area (Å²) in [6.07, 6.45) is 3.35. The lowest BCUT2D eigenvalue weighted by Crippen LogP contribution is -2.09. The summed E-state index contributed by atoms with van der Waals surface area (Å²) >= 11 is 3.29. The van der Waals surface area contributed by atoms with E-state index < -0.39 is 0 Å². The van der Waals surface area contributed by atoms with Gasteiger partial charge >= 0.3 is 5.76 Å². The number of hydrogen-bond donors (Lipinski definition) is 0. The van der Waals surface area contributed by atoms with Crippen LogP contribution in [0.15, 0.2) is 27.9 Å². The van der Waals surface area contributed by atoms with Crippen molar-refractivity contribution in [2.45, 2.75) is 6.92 Å². The summed E-state index contributed by atoms with van der Waals surface area (Å²) in [5.74, 6) is 0.189. The summed E-state index contributed by atoms with van der Waals surface area (Å²) in [6.45, 7) is 5.37. The van der Waals surface area contributed by atoms with E-state index in [0.717, 1.165) is 10.2 Å². The second-order valence-electron chi connectivity index (χ2n) is 2.59. The van der Waals surface area contributed by atoms with Crippen molar-refractivity contribution in [3.05, 3.63) is 40.7 Å². The van der Waals surface area contributed by atoms with E-state index in [1.165, 1.54) is 4.57 Å². The first kappa shape index (κ1) is 10.1. The second kappa shape index (κ2) is 3.79. The van der Waals surface area contributed by atoms with Crippen molar-refractivity contribution in [3.63, 3.8) is 0 Å². The van der Waals surface area contributed by atoms with Gasteiger partial charge in [-0.25, -0.2) is 4.79 Å². The molecule has 0 amide bonds. The van der Waals surface area contributed by atoms with E-state index in [2.05, 4.69) is 22.5 Å². The van der Waals surface area contributed by atoms with E-state index in [1.54, 1.807) is 19.2 Å². The Morgan fingerprint density at radius 1 is 1.69 bits per heavy atom. The predicted molar refractivity (Wildman–Crippen MR) is 55.8 cm³/mol. The number of rotatable bonds is 2. The van der Waals surface area contributed by atoms with Crippen molar-refractivity contribution in [1.29, 1.82) is 0 Å². The van der Waals surface area contributed by atoms with Crippen LogP contribution in [0.3, 0.4) is 0 Å². The van der Waals surface area contributed by atoms with Gasteiger partial charge in [0, 0.05) is 7.05 Å². The number of halogens is 1. The molecule has 0 N–H and O–H groups in total. The van der Waals surface area contributed by atoms with Crippen LogP contribution < -0.4 is 5.76 Å². The van der Waals surface area contributed by atoms with Crippen molar-refractivity contribution in [1.82, 2.24) is 4.57 Å². The van der Waals surface area contributed by atoms with Gasteiger partial charge < -0.3 is 4.42 Å². The summed E-state index contributed by atoms with van der Waals surface area (Å²) < 4.78 is 7.18. The maximum atomic E-state index is 11.1. The zero-order chi connectivity index (χ0) is 10.0. The topological polar surface area (TPSA) is 35.1 Å². The predicted octanol–water partition coefficient (Wildman–Crippen LogP) is 2.21. The van der Waals surface area contributed by atoms with Crippen LogP contribution in [0.1, 0.15) is 11.5 Å². The molecule has 0 unspecified atom stereocenters. The zero-order valence-corrected chi connectivity index (χ0v) is 9.09. The summed E-state index contributed by atoms with van der Waals surface area (Å²) in [5, 5.41) is 0. The molecule has 1 heterocycles. The molecule has 1 aromatic heterocycles. The molecule has 0 aliphatic heterocycles. The normalized spacial score (nSPS) is 11.8. The van der Waals surface area contributed by atoms with Gasteiger partial charge in [-0.15, -0.1) is 0 Å². The van der Waals surface area contributed by atoms with Crippen molar-refractivity contribution >= 4 is 20.4 Å². The standard InChI is InChI=1S/C9H10BrNO2/c1-4-5-7(10)8-6(2)11(3)9(12)13-8/h4-5H,1H2,2-3H3/b7-5+. The Morgan fingerprint density at radius 3 is 2.69 bits per heavy atom. The van der Waals surface area contributed by atoms with E-state index >= 15 is 0 Å². The first-order chi connectivity index (χ1) is 6.07. The smallest absolute Gasteiger partial charge is 0.407 e. The number of oxazole rings is 1. The average molecular weight is 244 g/mol. The van der Waals surface area contributed by atoms with Crippen molar-refractivity contribution in [3.8, 4) is 0 Å². The lowest BCUT2D eigenvalue weighted by Gasteiger charge is -1.94. The average Bonchev–Trinajstić information content (AvgIpc) is 2.33. The van der Waals surface area contributed by atoms with Crippen molar-refractivity contribution in [2.75, 3.05) is 0 Å². The Kier molecular flexibility index (Phi) is 2.93. The van der Waals surface area contributed by atoms with Crippen LogP contribution in [-0.4, -0.2) is 4.57 Å². The Bertz CT molecular complexity index is 412. The minimum absolute atomic E-state index is 0.359. The molecular weight excluding hydrogens is 234 g/mol. The molecule has 0 aliphatic carbocycles. The maximum Gasteiger partial charge on any atom is 0.419 e. The first-order valence-electron chi connectivity index (χ1n) is 3.73. The minimum atomic E-state index is -0.359. The Balaban J connectivity index is 3.31. The third-order valence-corrected chi connectivity index (χ3v) is 2.40. The molecule has 0 atom stereocenters. The lowest BCUT2D eigenvalue weighted by molar-refractivity contribution is 0.487. The van der Waals surface area contributed by atoms with Gasteiger partial charge in [0.25, 0.3) is 0 Å². The van der Waals surface area contributed by atoms with E-state index in [-0.39, 0.29) is 5.76 Å². The number of aromatic nitrogens is 1. The zero-order valence-electron chi connectivity index (χ0n) is 7.50. The quantitative estimate of drug-likeness (QED) is 0.747. The van der Waals surface area contributed by atoms with E-state index in [1.807, 2.05) is 6.92 Å². The fourth-order valence-electron chi connectivity index (χ4n) is 0.920. The molecule has 1 rings (SSSR count). The monoisotopic (exact) mass is 243 g/mol. The Hall–Kier alpha value is -1.03. The molecule has 70 valence electrons. The molecule has 0 aromatic carbocycles. The minimum Gasteiger partial charge on any atom is -0.407 e. The molecule has 0 saturated heterocycles. The van der Waals surface area contributed by atoms with Crippen LogP contribution in [-0.2, 0) is 7.05 Å². The molecule has 0 bridgehead atoms. The molecular formula is C9H10BrNO2. The molecule has 0 spiro atoms. The van der Waals surface area contributed by atoms with Crippen LogP contribution in [0, 0.1) is 6.92 Å². The molecule has 0 fully saturated rings. The van der Waals surface area contributed by atoms with Crippen LogP contribution in [0.5, 0.6) is 0 Å². The maximum absolute atomic E-state index is 11.1. The van der Waals surface area contributed by atoms with Gasteiger partial charge in [-0.3, -0.25) is 4.57 Å². The van der Waals surface area contributed by atoms with Gasteiger partial charge in [0.05, 0.1) is 10.2 Å². The highest BCUT2D eigenvalue weighted by Crippen LogP contribution is 2.22.